The molecule has 0 bridgehead atoms. The molecule has 0 aliphatic carbocycles. The van der Waals surface area contributed by atoms with Crippen LogP contribution < -0.4 is 9.47 Å². The monoisotopic (exact) mass is 394 g/mol. The predicted molar refractivity (Wildman–Crippen MR) is 125 cm³/mol. The van der Waals surface area contributed by atoms with Crippen LogP contribution >= 0.6 is 0 Å². The van der Waals surface area contributed by atoms with E-state index in [4.69, 9.17) is 9.47 Å². The Kier molecular flexibility index (Phi) is 6.14. The molecule has 0 unspecified atom stereocenters. The second-order valence-electron chi connectivity index (χ2n) is 7.01. The lowest BCUT2D eigenvalue weighted by atomic mass is 9.92. The summed E-state index contributed by atoms with van der Waals surface area (Å²) in [5.41, 5.74) is 6.98. The first kappa shape index (κ1) is 19.8. The van der Waals surface area contributed by atoms with Gasteiger partial charge in [-0.05, 0) is 59.9 Å². The Balaban J connectivity index is 1.77. The van der Waals surface area contributed by atoms with Gasteiger partial charge >= 0.3 is 0 Å². The molecule has 0 aliphatic heterocycles. The average Bonchev–Trinajstić information content (AvgIpc) is 2.81. The molecule has 0 spiro atoms. The molecule has 0 N–H and O–H groups in total. The fourth-order valence-electron chi connectivity index (χ4n) is 3.70. The van der Waals surface area contributed by atoms with Gasteiger partial charge in [-0.3, -0.25) is 0 Å². The second-order valence-corrected chi connectivity index (χ2v) is 7.01. The lowest BCUT2D eigenvalue weighted by molar-refractivity contribution is 0.340. The van der Waals surface area contributed by atoms with Crippen molar-refractivity contribution in [2.24, 2.45) is 0 Å². The van der Waals surface area contributed by atoms with Crippen molar-refractivity contribution in [3.8, 4) is 44.9 Å². The van der Waals surface area contributed by atoms with Crippen molar-refractivity contribution in [1.29, 1.82) is 0 Å². The average molecular weight is 395 g/mol. The molecule has 0 aromatic heterocycles. The summed E-state index contributed by atoms with van der Waals surface area (Å²) >= 11 is 0. The number of hydrogen-bond donors (Lipinski definition) is 0. The Bertz CT molecular complexity index is 1080. The first-order chi connectivity index (χ1) is 14.8. The summed E-state index contributed by atoms with van der Waals surface area (Å²) in [5.74, 6) is 1.77. The smallest absolute Gasteiger partial charge is 0.127 e. The molecular weight excluding hydrogens is 368 g/mol. The van der Waals surface area contributed by atoms with E-state index in [1.165, 1.54) is 16.7 Å². The highest BCUT2D eigenvalue weighted by atomic mass is 16.5. The summed E-state index contributed by atoms with van der Waals surface area (Å²) in [4.78, 5) is 0. The largest absolute Gasteiger partial charge is 0.494 e. The fraction of sp³-hybridized carbons (Fsp3) is 0.143. The van der Waals surface area contributed by atoms with Crippen LogP contribution in [0.4, 0.5) is 0 Å². The van der Waals surface area contributed by atoms with Gasteiger partial charge in [-0.2, -0.15) is 0 Å². The van der Waals surface area contributed by atoms with Gasteiger partial charge in [0.15, 0.2) is 0 Å². The first-order valence-corrected chi connectivity index (χ1v) is 10.4. The molecule has 4 aromatic rings. The number of ether oxygens (including phenoxy) is 2. The van der Waals surface area contributed by atoms with Crippen molar-refractivity contribution >= 4 is 0 Å². The van der Waals surface area contributed by atoms with Crippen LogP contribution in [0.2, 0.25) is 0 Å². The number of rotatable bonds is 7. The fourth-order valence-corrected chi connectivity index (χ4v) is 3.70. The van der Waals surface area contributed by atoms with E-state index in [1.807, 2.05) is 38.1 Å². The normalized spacial score (nSPS) is 10.6. The molecule has 0 amide bonds. The van der Waals surface area contributed by atoms with Crippen LogP contribution in [0.3, 0.4) is 0 Å². The molecule has 0 heterocycles. The summed E-state index contributed by atoms with van der Waals surface area (Å²) < 4.78 is 11.6. The zero-order valence-electron chi connectivity index (χ0n) is 17.5. The van der Waals surface area contributed by atoms with Crippen molar-refractivity contribution in [3.63, 3.8) is 0 Å². The van der Waals surface area contributed by atoms with E-state index in [2.05, 4.69) is 72.8 Å². The maximum atomic E-state index is 5.99. The van der Waals surface area contributed by atoms with Crippen molar-refractivity contribution in [2.45, 2.75) is 13.8 Å². The molecular formula is C28H26O2. The summed E-state index contributed by atoms with van der Waals surface area (Å²) in [5, 5.41) is 0. The Hall–Kier alpha value is -3.52. The lowest BCUT2D eigenvalue weighted by Crippen LogP contribution is -1.96. The molecule has 0 radical (unpaired) electrons. The summed E-state index contributed by atoms with van der Waals surface area (Å²) in [6.07, 6.45) is 0. The minimum absolute atomic E-state index is 0.625. The van der Waals surface area contributed by atoms with Crippen LogP contribution in [-0.4, -0.2) is 13.2 Å². The summed E-state index contributed by atoms with van der Waals surface area (Å²) in [7, 11) is 0. The van der Waals surface area contributed by atoms with Crippen LogP contribution in [0, 0.1) is 0 Å². The van der Waals surface area contributed by atoms with E-state index in [9.17, 15) is 0 Å². The van der Waals surface area contributed by atoms with Crippen LogP contribution in [0.15, 0.2) is 97.1 Å². The van der Waals surface area contributed by atoms with E-state index in [1.54, 1.807) is 0 Å². The van der Waals surface area contributed by atoms with Gasteiger partial charge in [-0.25, -0.2) is 0 Å². The predicted octanol–water partition coefficient (Wildman–Crippen LogP) is 7.49. The zero-order chi connectivity index (χ0) is 20.8. The quantitative estimate of drug-likeness (QED) is 0.323. The highest BCUT2D eigenvalue weighted by Gasteiger charge is 2.14. The van der Waals surface area contributed by atoms with Gasteiger partial charge in [0.25, 0.3) is 0 Å². The number of hydrogen-bond acceptors (Lipinski definition) is 2. The van der Waals surface area contributed by atoms with Crippen molar-refractivity contribution in [3.05, 3.63) is 97.1 Å². The lowest BCUT2D eigenvalue weighted by Gasteiger charge is -2.16. The second kappa shape index (κ2) is 9.32. The summed E-state index contributed by atoms with van der Waals surface area (Å²) in [6.45, 7) is 5.30. The number of benzene rings is 4. The molecule has 30 heavy (non-hydrogen) atoms. The summed E-state index contributed by atoms with van der Waals surface area (Å²) in [6, 6.07) is 33.7. The van der Waals surface area contributed by atoms with Gasteiger partial charge < -0.3 is 9.47 Å². The Labute approximate surface area is 178 Å². The maximum Gasteiger partial charge on any atom is 0.127 e. The van der Waals surface area contributed by atoms with Crippen LogP contribution in [0.5, 0.6) is 11.5 Å². The molecule has 0 atom stereocenters. The van der Waals surface area contributed by atoms with E-state index >= 15 is 0 Å². The minimum Gasteiger partial charge on any atom is -0.494 e. The van der Waals surface area contributed by atoms with Crippen molar-refractivity contribution in [1.82, 2.24) is 0 Å². The van der Waals surface area contributed by atoms with E-state index < -0.39 is 0 Å². The third-order valence-corrected chi connectivity index (χ3v) is 5.08. The van der Waals surface area contributed by atoms with Gasteiger partial charge in [0.1, 0.15) is 11.5 Å². The zero-order valence-corrected chi connectivity index (χ0v) is 17.5. The van der Waals surface area contributed by atoms with Gasteiger partial charge in [0, 0.05) is 5.56 Å². The third kappa shape index (κ3) is 4.23. The highest BCUT2D eigenvalue weighted by molar-refractivity contribution is 5.88. The van der Waals surface area contributed by atoms with Gasteiger partial charge in [-0.15, -0.1) is 0 Å². The molecule has 0 fully saturated rings. The molecule has 0 saturated carbocycles. The van der Waals surface area contributed by atoms with E-state index in [0.29, 0.717) is 13.2 Å². The molecule has 150 valence electrons. The first-order valence-electron chi connectivity index (χ1n) is 10.4. The topological polar surface area (TPSA) is 18.5 Å². The molecule has 2 heteroatoms. The van der Waals surface area contributed by atoms with Crippen molar-refractivity contribution < 1.29 is 9.47 Å². The highest BCUT2D eigenvalue weighted by Crippen LogP contribution is 2.40. The van der Waals surface area contributed by atoms with Gasteiger partial charge in [0.05, 0.1) is 13.2 Å². The van der Waals surface area contributed by atoms with Crippen molar-refractivity contribution in [2.75, 3.05) is 13.2 Å². The SMILES string of the molecule is CCOc1ccc(-c2c(OCC)cccc2-c2ccc(-c3ccccc3)cc2)cc1. The minimum atomic E-state index is 0.625. The third-order valence-electron chi connectivity index (χ3n) is 5.08. The van der Waals surface area contributed by atoms with Crippen LogP contribution in [0.25, 0.3) is 33.4 Å². The molecule has 4 rings (SSSR count). The Morgan fingerprint density at radius 1 is 0.500 bits per heavy atom. The standard InChI is InChI=1S/C28H26O2/c1-3-29-25-19-17-24(18-20-25)28-26(11-8-12-27(28)30-4-2)23-15-13-22(14-16-23)21-9-6-5-7-10-21/h5-20H,3-4H2,1-2H3. The van der Waals surface area contributed by atoms with Gasteiger partial charge in [0.2, 0.25) is 0 Å². The molecule has 2 nitrogen and oxygen atoms in total. The maximum absolute atomic E-state index is 5.99. The Morgan fingerprint density at radius 2 is 1.10 bits per heavy atom. The Morgan fingerprint density at radius 3 is 1.77 bits per heavy atom. The molecule has 4 aromatic carbocycles. The van der Waals surface area contributed by atoms with Gasteiger partial charge in [-0.1, -0.05) is 78.9 Å². The van der Waals surface area contributed by atoms with Crippen LogP contribution in [0.1, 0.15) is 13.8 Å². The van der Waals surface area contributed by atoms with Crippen LogP contribution in [-0.2, 0) is 0 Å². The molecule has 0 aliphatic rings. The van der Waals surface area contributed by atoms with E-state index in [-0.39, 0.29) is 0 Å². The van der Waals surface area contributed by atoms with E-state index in [0.717, 1.165) is 28.2 Å². The molecule has 0 saturated heterocycles.